The van der Waals surface area contributed by atoms with E-state index in [0.29, 0.717) is 12.3 Å². The van der Waals surface area contributed by atoms with E-state index in [-0.39, 0.29) is 17.8 Å². The van der Waals surface area contributed by atoms with Gasteiger partial charge in [0.1, 0.15) is 0 Å². The topological polar surface area (TPSA) is 70.6 Å². The van der Waals surface area contributed by atoms with Crippen molar-refractivity contribution in [3.05, 3.63) is 36.4 Å². The third-order valence-electron chi connectivity index (χ3n) is 2.98. The van der Waals surface area contributed by atoms with E-state index in [1.807, 2.05) is 6.92 Å². The van der Waals surface area contributed by atoms with Gasteiger partial charge in [-0.15, -0.1) is 6.58 Å². The van der Waals surface area contributed by atoms with Crippen molar-refractivity contribution in [1.29, 1.82) is 0 Å². The monoisotopic (exact) mass is 278 g/mol. The second-order valence-electron chi connectivity index (χ2n) is 4.46. The number of benzene rings is 1. The second-order valence-corrected chi connectivity index (χ2v) is 4.46. The number of rotatable bonds is 7. The summed E-state index contributed by atoms with van der Waals surface area (Å²) in [5, 5.41) is 15.1. The molecule has 0 aliphatic carbocycles. The van der Waals surface area contributed by atoms with Gasteiger partial charge in [0.15, 0.2) is 11.5 Å². The molecule has 5 nitrogen and oxygen atoms in total. The van der Waals surface area contributed by atoms with Gasteiger partial charge in [-0.1, -0.05) is 19.1 Å². The maximum absolute atomic E-state index is 11.7. The molecule has 0 heterocycles. The summed E-state index contributed by atoms with van der Waals surface area (Å²) < 4.78 is 5.02. The van der Waals surface area contributed by atoms with Crippen molar-refractivity contribution in [3.63, 3.8) is 0 Å². The Morgan fingerprint density at radius 3 is 2.90 bits per heavy atom. The lowest BCUT2D eigenvalue weighted by Crippen LogP contribution is -2.41. The minimum atomic E-state index is -0.217. The van der Waals surface area contributed by atoms with Gasteiger partial charge in [-0.25, -0.2) is 4.79 Å². The van der Waals surface area contributed by atoms with Crippen molar-refractivity contribution in [2.24, 2.45) is 0 Å². The normalized spacial score (nSPS) is 11.5. The molecule has 20 heavy (non-hydrogen) atoms. The molecule has 0 spiro atoms. The lowest BCUT2D eigenvalue weighted by Gasteiger charge is -2.16. The van der Waals surface area contributed by atoms with E-state index in [9.17, 15) is 9.90 Å². The van der Waals surface area contributed by atoms with Gasteiger partial charge in [0.05, 0.1) is 7.11 Å². The first-order chi connectivity index (χ1) is 9.60. The highest BCUT2D eigenvalue weighted by molar-refractivity contribution is 5.74. The highest BCUT2D eigenvalue weighted by Gasteiger charge is 2.09. The van der Waals surface area contributed by atoms with Gasteiger partial charge in [-0.3, -0.25) is 0 Å². The zero-order valence-electron chi connectivity index (χ0n) is 12.0. The molecule has 0 saturated carbocycles. The van der Waals surface area contributed by atoms with Crippen LogP contribution in [0.25, 0.3) is 0 Å². The highest BCUT2D eigenvalue weighted by Crippen LogP contribution is 2.26. The van der Waals surface area contributed by atoms with E-state index in [4.69, 9.17) is 4.74 Å². The Kier molecular flexibility index (Phi) is 6.43. The summed E-state index contributed by atoms with van der Waals surface area (Å²) in [6.45, 7) is 6.05. The summed E-state index contributed by atoms with van der Waals surface area (Å²) in [4.78, 5) is 11.7. The lowest BCUT2D eigenvalue weighted by molar-refractivity contribution is 0.236. The summed E-state index contributed by atoms with van der Waals surface area (Å²) in [5.41, 5.74) is 0.853. The van der Waals surface area contributed by atoms with Crippen LogP contribution in [0.5, 0.6) is 11.5 Å². The van der Waals surface area contributed by atoms with Crippen LogP contribution in [0, 0.1) is 0 Å². The quantitative estimate of drug-likeness (QED) is 0.671. The van der Waals surface area contributed by atoms with Gasteiger partial charge < -0.3 is 20.5 Å². The molecule has 1 rings (SSSR count). The molecular weight excluding hydrogens is 256 g/mol. The minimum absolute atomic E-state index is 0.0812. The average Bonchev–Trinajstić information content (AvgIpc) is 2.45. The third kappa shape index (κ3) is 4.84. The largest absolute Gasteiger partial charge is 0.504 e. The number of nitrogens with one attached hydrogen (secondary N) is 2. The van der Waals surface area contributed by atoms with Gasteiger partial charge in [0.25, 0.3) is 0 Å². The number of methoxy groups -OCH3 is 1. The third-order valence-corrected chi connectivity index (χ3v) is 2.98. The molecule has 1 aromatic rings. The molecule has 2 amide bonds. The molecule has 3 N–H and O–H groups in total. The van der Waals surface area contributed by atoms with Crippen LogP contribution in [-0.2, 0) is 6.54 Å². The number of carbonyl (C=O) groups excluding carboxylic acids is 1. The summed E-state index contributed by atoms with van der Waals surface area (Å²) in [7, 11) is 1.49. The van der Waals surface area contributed by atoms with Crippen molar-refractivity contribution in [3.8, 4) is 11.5 Å². The van der Waals surface area contributed by atoms with Crippen LogP contribution in [0.1, 0.15) is 25.3 Å². The number of phenols is 1. The fourth-order valence-electron chi connectivity index (χ4n) is 1.78. The van der Waals surface area contributed by atoms with Gasteiger partial charge in [0, 0.05) is 12.6 Å². The Hall–Kier alpha value is -2.17. The van der Waals surface area contributed by atoms with Crippen LogP contribution in [0.15, 0.2) is 30.9 Å². The fraction of sp³-hybridized carbons (Fsp3) is 0.400. The van der Waals surface area contributed by atoms with Crippen LogP contribution < -0.4 is 15.4 Å². The maximum Gasteiger partial charge on any atom is 0.315 e. The van der Waals surface area contributed by atoms with E-state index >= 15 is 0 Å². The minimum Gasteiger partial charge on any atom is -0.504 e. The Morgan fingerprint density at radius 2 is 2.30 bits per heavy atom. The second kappa shape index (κ2) is 8.09. The Balaban J connectivity index is 2.50. The van der Waals surface area contributed by atoms with E-state index in [2.05, 4.69) is 17.2 Å². The number of amides is 2. The molecule has 0 aromatic heterocycles. The van der Waals surface area contributed by atoms with Gasteiger partial charge in [-0.05, 0) is 30.5 Å². The molecule has 1 atom stereocenters. The zero-order valence-corrected chi connectivity index (χ0v) is 12.0. The molecule has 5 heteroatoms. The molecule has 0 aliphatic rings. The first-order valence-corrected chi connectivity index (χ1v) is 6.61. The predicted octanol–water partition coefficient (Wildman–Crippen LogP) is 2.55. The number of hydrogen-bond acceptors (Lipinski definition) is 3. The number of carbonyl (C=O) groups is 1. The van der Waals surface area contributed by atoms with Crippen LogP contribution in [-0.4, -0.2) is 24.3 Å². The SMILES string of the molecule is C=CC[C@H](CC)NC(=O)NCc1ccc(O)c(OC)c1. The van der Waals surface area contributed by atoms with Crippen molar-refractivity contribution < 1.29 is 14.6 Å². The van der Waals surface area contributed by atoms with Gasteiger partial charge in [0.2, 0.25) is 0 Å². The first kappa shape index (κ1) is 15.9. The fourth-order valence-corrected chi connectivity index (χ4v) is 1.78. The number of phenolic OH excluding ortho intramolecular Hbond substituents is 1. The molecule has 0 fully saturated rings. The zero-order chi connectivity index (χ0) is 15.0. The van der Waals surface area contributed by atoms with Crippen LogP contribution in [0.3, 0.4) is 0 Å². The number of ether oxygens (including phenoxy) is 1. The van der Waals surface area contributed by atoms with Crippen molar-refractivity contribution in [2.75, 3.05) is 7.11 Å². The summed E-state index contributed by atoms with van der Waals surface area (Å²) in [6.07, 6.45) is 3.39. The Labute approximate surface area is 119 Å². The molecule has 0 saturated heterocycles. The van der Waals surface area contributed by atoms with Crippen LogP contribution in [0.2, 0.25) is 0 Å². The van der Waals surface area contributed by atoms with E-state index in [1.54, 1.807) is 24.3 Å². The maximum atomic E-state index is 11.7. The van der Waals surface area contributed by atoms with Crippen LogP contribution in [0.4, 0.5) is 4.79 Å². The molecule has 0 aliphatic heterocycles. The van der Waals surface area contributed by atoms with E-state index in [1.165, 1.54) is 7.11 Å². The number of aromatic hydroxyl groups is 1. The first-order valence-electron chi connectivity index (χ1n) is 6.61. The predicted molar refractivity (Wildman–Crippen MR) is 78.9 cm³/mol. The number of urea groups is 1. The molecule has 0 bridgehead atoms. The van der Waals surface area contributed by atoms with E-state index in [0.717, 1.165) is 18.4 Å². The molecule has 1 aromatic carbocycles. The van der Waals surface area contributed by atoms with Gasteiger partial charge in [-0.2, -0.15) is 0 Å². The molecule has 0 radical (unpaired) electrons. The highest BCUT2D eigenvalue weighted by atomic mass is 16.5. The summed E-state index contributed by atoms with van der Waals surface area (Å²) in [5.74, 6) is 0.473. The van der Waals surface area contributed by atoms with Gasteiger partial charge >= 0.3 is 6.03 Å². The molecular formula is C15H22N2O3. The van der Waals surface area contributed by atoms with Crippen LogP contribution >= 0.6 is 0 Å². The molecule has 110 valence electrons. The standard InChI is InChI=1S/C15H22N2O3/c1-4-6-12(5-2)17-15(19)16-10-11-7-8-13(18)14(9-11)20-3/h4,7-9,12,18H,1,5-6,10H2,2-3H3,(H2,16,17,19)/t12-/m0/s1. The average molecular weight is 278 g/mol. The Morgan fingerprint density at radius 1 is 1.55 bits per heavy atom. The van der Waals surface area contributed by atoms with Crippen molar-refractivity contribution >= 4 is 6.03 Å². The molecule has 0 unspecified atom stereocenters. The van der Waals surface area contributed by atoms with Crippen molar-refractivity contribution in [2.45, 2.75) is 32.4 Å². The smallest absolute Gasteiger partial charge is 0.315 e. The summed E-state index contributed by atoms with van der Waals surface area (Å²) in [6, 6.07) is 4.85. The van der Waals surface area contributed by atoms with E-state index < -0.39 is 0 Å². The lowest BCUT2D eigenvalue weighted by atomic mass is 10.1. The van der Waals surface area contributed by atoms with Crippen molar-refractivity contribution in [1.82, 2.24) is 10.6 Å². The number of hydrogen-bond donors (Lipinski definition) is 3. The summed E-state index contributed by atoms with van der Waals surface area (Å²) >= 11 is 0. The Bertz CT molecular complexity index is 460.